The second-order valence-electron chi connectivity index (χ2n) is 4.78. The maximum atomic E-state index is 14.3. The predicted molar refractivity (Wildman–Crippen MR) is 90.0 cm³/mol. The molecule has 1 heterocycles. The molecule has 3 N–H and O–H groups in total. The molecule has 0 aliphatic carbocycles. The number of nitrogens with two attached hydrogens (primary N) is 1. The second-order valence-corrected chi connectivity index (χ2v) is 6.01. The summed E-state index contributed by atoms with van der Waals surface area (Å²) in [6.45, 7) is 4.42. The fraction of sp³-hybridized carbons (Fsp3) is 0.286. The maximum Gasteiger partial charge on any atom is 0.161 e. The van der Waals surface area contributed by atoms with Crippen molar-refractivity contribution in [2.24, 2.45) is 12.8 Å². The Balaban J connectivity index is 2.25. The fourth-order valence-corrected chi connectivity index (χ4v) is 2.99. The van der Waals surface area contributed by atoms with Gasteiger partial charge in [0.25, 0.3) is 0 Å². The number of nitrogens with zero attached hydrogens (tertiary/aromatic N) is 2. The third-order valence-electron chi connectivity index (χ3n) is 3.46. The molecule has 0 atom stereocenters. The van der Waals surface area contributed by atoms with Crippen molar-refractivity contribution in [3.8, 4) is 0 Å². The van der Waals surface area contributed by atoms with Gasteiger partial charge in [0, 0.05) is 30.4 Å². The van der Waals surface area contributed by atoms with E-state index in [0.29, 0.717) is 17.8 Å². The normalized spacial score (nSPS) is 10.7. The van der Waals surface area contributed by atoms with E-state index in [2.05, 4.69) is 26.3 Å². The lowest BCUT2D eigenvalue weighted by atomic mass is 10.1. The number of aromatic nitrogens is 2. The van der Waals surface area contributed by atoms with E-state index in [0.717, 1.165) is 17.0 Å². The van der Waals surface area contributed by atoms with E-state index < -0.39 is 5.82 Å². The van der Waals surface area contributed by atoms with Gasteiger partial charge >= 0.3 is 0 Å². The minimum atomic E-state index is -0.403. The number of anilines is 1. The van der Waals surface area contributed by atoms with Crippen LogP contribution in [0, 0.1) is 19.7 Å². The van der Waals surface area contributed by atoms with Crippen molar-refractivity contribution < 1.29 is 4.39 Å². The lowest BCUT2D eigenvalue weighted by molar-refractivity contribution is 0.623. The zero-order valence-corrected chi connectivity index (χ0v) is 14.4. The van der Waals surface area contributed by atoms with E-state index in [-0.39, 0.29) is 9.46 Å². The topological polar surface area (TPSA) is 55.9 Å². The Hall–Kier alpha value is -1.47. The summed E-state index contributed by atoms with van der Waals surface area (Å²) < 4.78 is 16.4. The molecule has 7 heteroatoms. The van der Waals surface area contributed by atoms with Crippen molar-refractivity contribution in [1.82, 2.24) is 9.78 Å². The van der Waals surface area contributed by atoms with Gasteiger partial charge in [0.2, 0.25) is 0 Å². The van der Waals surface area contributed by atoms with E-state index in [1.807, 2.05) is 25.6 Å². The molecule has 0 radical (unpaired) electrons. The van der Waals surface area contributed by atoms with Crippen molar-refractivity contribution >= 4 is 38.8 Å². The monoisotopic (exact) mass is 370 g/mol. The second kappa shape index (κ2) is 6.11. The van der Waals surface area contributed by atoms with E-state index in [1.54, 1.807) is 12.1 Å². The van der Waals surface area contributed by atoms with Crippen LogP contribution in [-0.2, 0) is 13.6 Å². The van der Waals surface area contributed by atoms with Crippen LogP contribution >= 0.6 is 28.1 Å². The van der Waals surface area contributed by atoms with Crippen molar-refractivity contribution in [2.75, 3.05) is 5.32 Å². The third-order valence-corrected chi connectivity index (χ3v) is 4.46. The number of nitrogens with one attached hydrogen (secondary N) is 1. The summed E-state index contributed by atoms with van der Waals surface area (Å²) in [5.74, 6) is -0.403. The molecule has 1 aromatic carbocycles. The Morgan fingerprint density at radius 2 is 2.14 bits per heavy atom. The number of rotatable bonds is 4. The Kier molecular flexibility index (Phi) is 4.63. The van der Waals surface area contributed by atoms with Gasteiger partial charge in [-0.3, -0.25) is 4.68 Å². The summed E-state index contributed by atoms with van der Waals surface area (Å²) in [6, 6.07) is 3.33. The molecular weight excluding hydrogens is 355 g/mol. The Labute approximate surface area is 136 Å². The molecule has 0 unspecified atom stereocenters. The summed E-state index contributed by atoms with van der Waals surface area (Å²) in [5.41, 5.74) is 9.47. The average Bonchev–Trinajstić information content (AvgIpc) is 2.65. The SMILES string of the molecule is Cc1nn(C)c(C)c1CNc1ccc(C(N)=S)c(Br)c1F. The Morgan fingerprint density at radius 1 is 1.48 bits per heavy atom. The van der Waals surface area contributed by atoms with Gasteiger partial charge in [0.05, 0.1) is 15.9 Å². The van der Waals surface area contributed by atoms with Crippen molar-refractivity contribution in [1.29, 1.82) is 0 Å². The van der Waals surface area contributed by atoms with Gasteiger partial charge in [0.15, 0.2) is 5.82 Å². The molecule has 21 heavy (non-hydrogen) atoms. The first-order valence-electron chi connectivity index (χ1n) is 6.33. The van der Waals surface area contributed by atoms with E-state index in [9.17, 15) is 4.39 Å². The lowest BCUT2D eigenvalue weighted by Crippen LogP contribution is -2.12. The highest BCUT2D eigenvalue weighted by atomic mass is 79.9. The molecule has 0 bridgehead atoms. The number of aryl methyl sites for hydroxylation is 2. The standard InChI is InChI=1S/C14H16BrFN4S/c1-7-10(8(2)20(3)19-7)6-18-11-5-4-9(14(17)21)12(15)13(11)16/h4-5,18H,6H2,1-3H3,(H2,17,21). The van der Waals surface area contributed by atoms with Crippen LogP contribution in [0.25, 0.3) is 0 Å². The van der Waals surface area contributed by atoms with Gasteiger partial charge in [-0.15, -0.1) is 0 Å². The van der Waals surface area contributed by atoms with Crippen molar-refractivity contribution in [2.45, 2.75) is 20.4 Å². The predicted octanol–water partition coefficient (Wildman–Crippen LogP) is 3.18. The van der Waals surface area contributed by atoms with Crippen LogP contribution < -0.4 is 11.1 Å². The summed E-state index contributed by atoms with van der Waals surface area (Å²) in [7, 11) is 1.89. The zero-order chi connectivity index (χ0) is 15.7. The molecule has 0 amide bonds. The first kappa shape index (κ1) is 15.9. The molecule has 2 rings (SSSR count). The number of thiocarbonyl (C=S) groups is 1. The quantitative estimate of drug-likeness (QED) is 0.811. The average molecular weight is 371 g/mol. The van der Waals surface area contributed by atoms with E-state index in [4.69, 9.17) is 18.0 Å². The number of halogens is 2. The van der Waals surface area contributed by atoms with Crippen LogP contribution in [0.5, 0.6) is 0 Å². The maximum absolute atomic E-state index is 14.3. The molecule has 0 fully saturated rings. The molecule has 0 saturated heterocycles. The summed E-state index contributed by atoms with van der Waals surface area (Å²) >= 11 is 8.07. The Bertz CT molecular complexity index is 711. The minimum absolute atomic E-state index is 0.159. The van der Waals surface area contributed by atoms with Gasteiger partial charge in [-0.1, -0.05) is 12.2 Å². The first-order valence-corrected chi connectivity index (χ1v) is 7.53. The Morgan fingerprint density at radius 3 is 2.67 bits per heavy atom. The largest absolute Gasteiger partial charge is 0.389 e. The molecule has 0 saturated carbocycles. The highest BCUT2D eigenvalue weighted by Gasteiger charge is 2.14. The zero-order valence-electron chi connectivity index (χ0n) is 12.0. The van der Waals surface area contributed by atoms with Gasteiger partial charge in [-0.2, -0.15) is 5.10 Å². The molecule has 0 aliphatic heterocycles. The minimum Gasteiger partial charge on any atom is -0.389 e. The first-order chi connectivity index (χ1) is 9.82. The van der Waals surface area contributed by atoms with Gasteiger partial charge in [0.1, 0.15) is 4.99 Å². The summed E-state index contributed by atoms with van der Waals surface area (Å²) in [4.78, 5) is 0.159. The van der Waals surface area contributed by atoms with Gasteiger partial charge < -0.3 is 11.1 Å². The molecule has 0 aliphatic rings. The van der Waals surface area contributed by atoms with Crippen LogP contribution in [0.4, 0.5) is 10.1 Å². The smallest absolute Gasteiger partial charge is 0.161 e. The fourth-order valence-electron chi connectivity index (χ4n) is 2.13. The van der Waals surface area contributed by atoms with Crippen LogP contribution in [0.3, 0.4) is 0 Å². The molecule has 0 spiro atoms. The van der Waals surface area contributed by atoms with E-state index in [1.165, 1.54) is 0 Å². The van der Waals surface area contributed by atoms with Crippen LogP contribution in [-0.4, -0.2) is 14.8 Å². The molecule has 4 nitrogen and oxygen atoms in total. The van der Waals surface area contributed by atoms with Crippen LogP contribution in [0.1, 0.15) is 22.5 Å². The lowest BCUT2D eigenvalue weighted by Gasteiger charge is -2.11. The third kappa shape index (κ3) is 3.08. The summed E-state index contributed by atoms with van der Waals surface area (Å²) in [6.07, 6.45) is 0. The summed E-state index contributed by atoms with van der Waals surface area (Å²) in [5, 5.41) is 7.43. The molecule has 112 valence electrons. The number of benzene rings is 1. The van der Waals surface area contributed by atoms with Gasteiger partial charge in [-0.25, -0.2) is 4.39 Å². The van der Waals surface area contributed by atoms with Crippen molar-refractivity contribution in [3.63, 3.8) is 0 Å². The van der Waals surface area contributed by atoms with Crippen LogP contribution in [0.2, 0.25) is 0 Å². The van der Waals surface area contributed by atoms with Crippen LogP contribution in [0.15, 0.2) is 16.6 Å². The highest BCUT2D eigenvalue weighted by Crippen LogP contribution is 2.27. The molecule has 1 aromatic heterocycles. The number of hydrogen-bond acceptors (Lipinski definition) is 3. The van der Waals surface area contributed by atoms with E-state index >= 15 is 0 Å². The van der Waals surface area contributed by atoms with Gasteiger partial charge in [-0.05, 0) is 41.9 Å². The highest BCUT2D eigenvalue weighted by molar-refractivity contribution is 9.10. The molecule has 2 aromatic rings. The number of hydrogen-bond donors (Lipinski definition) is 2. The van der Waals surface area contributed by atoms with Crippen molar-refractivity contribution in [3.05, 3.63) is 44.9 Å². The molecular formula is C14H16BrFN4S.